The lowest BCUT2D eigenvalue weighted by Crippen LogP contribution is -2.25. The maximum absolute atomic E-state index is 14.2. The van der Waals surface area contributed by atoms with Crippen molar-refractivity contribution in [2.75, 3.05) is 25.0 Å². The smallest absolute Gasteiger partial charge is 0.277 e. The van der Waals surface area contributed by atoms with Crippen LogP contribution in [0, 0.1) is 11.6 Å². The highest BCUT2D eigenvalue weighted by molar-refractivity contribution is 6.13. The predicted octanol–water partition coefficient (Wildman–Crippen LogP) is 3.04. The van der Waals surface area contributed by atoms with E-state index in [2.05, 4.69) is 4.99 Å². The van der Waals surface area contributed by atoms with E-state index in [1.165, 1.54) is 23.1 Å². The lowest BCUT2D eigenvalue weighted by atomic mass is 10.1. The normalized spacial score (nSPS) is 16.5. The van der Waals surface area contributed by atoms with Crippen LogP contribution in [0.3, 0.4) is 0 Å². The highest BCUT2D eigenvalue weighted by Gasteiger charge is 2.24. The molecular formula is C16H19F2N3O. The predicted molar refractivity (Wildman–Crippen MR) is 83.8 cm³/mol. The fourth-order valence-electron chi connectivity index (χ4n) is 2.38. The van der Waals surface area contributed by atoms with Crippen LogP contribution in [-0.2, 0) is 4.79 Å². The molecule has 0 unspecified atom stereocenters. The quantitative estimate of drug-likeness (QED) is 0.802. The summed E-state index contributed by atoms with van der Waals surface area (Å²) in [4.78, 5) is 19.0. The molecule has 6 heteroatoms. The van der Waals surface area contributed by atoms with E-state index in [1.807, 2.05) is 13.8 Å². The number of likely N-dealkylation sites (N-methyl/N-ethyl adjacent to an activating group) is 1. The lowest BCUT2D eigenvalue weighted by molar-refractivity contribution is -0.121. The molecule has 1 aromatic rings. The summed E-state index contributed by atoms with van der Waals surface area (Å²) in [5.74, 6) is -1.02. The Morgan fingerprint density at radius 2 is 1.77 bits per heavy atom. The summed E-state index contributed by atoms with van der Waals surface area (Å²) in [5, 5.41) is 0. The molecule has 1 aliphatic rings. The molecule has 0 N–H and O–H groups in total. The van der Waals surface area contributed by atoms with Crippen LogP contribution in [0.1, 0.15) is 26.3 Å². The molecule has 118 valence electrons. The van der Waals surface area contributed by atoms with Crippen molar-refractivity contribution in [1.29, 1.82) is 0 Å². The highest BCUT2D eigenvalue weighted by atomic mass is 19.1. The van der Waals surface area contributed by atoms with Gasteiger partial charge in [0.05, 0.1) is 0 Å². The first-order valence-electron chi connectivity index (χ1n) is 7.18. The topological polar surface area (TPSA) is 35.9 Å². The summed E-state index contributed by atoms with van der Waals surface area (Å²) >= 11 is 0. The standard InChI is InChI=1S/C16H19F2N3O/c1-5-21(6-2)15-12(17)7-11(8-13(15)18)9-14-16(22)20(4)10(3)19-14/h7-9H,5-6H2,1-4H3/b14-9-. The summed E-state index contributed by atoms with van der Waals surface area (Å²) in [7, 11) is 1.60. The number of hydrogen-bond donors (Lipinski definition) is 0. The zero-order chi connectivity index (χ0) is 16.4. The van der Waals surface area contributed by atoms with Gasteiger partial charge in [-0.15, -0.1) is 0 Å². The number of hydrogen-bond acceptors (Lipinski definition) is 3. The van der Waals surface area contributed by atoms with Crippen molar-refractivity contribution in [2.45, 2.75) is 20.8 Å². The molecule has 1 aliphatic heterocycles. The van der Waals surface area contributed by atoms with Gasteiger partial charge in [0.15, 0.2) is 0 Å². The van der Waals surface area contributed by atoms with Crippen LogP contribution in [0.4, 0.5) is 14.5 Å². The third-order valence-electron chi connectivity index (χ3n) is 3.71. The number of carbonyl (C=O) groups is 1. The molecule has 22 heavy (non-hydrogen) atoms. The van der Waals surface area contributed by atoms with Crippen LogP contribution < -0.4 is 4.90 Å². The van der Waals surface area contributed by atoms with Gasteiger partial charge >= 0.3 is 0 Å². The maximum atomic E-state index is 14.2. The molecule has 0 aliphatic carbocycles. The third kappa shape index (κ3) is 2.86. The maximum Gasteiger partial charge on any atom is 0.277 e. The second-order valence-corrected chi connectivity index (χ2v) is 5.06. The van der Waals surface area contributed by atoms with Gasteiger partial charge in [0, 0.05) is 20.1 Å². The zero-order valence-corrected chi connectivity index (χ0v) is 13.2. The number of rotatable bonds is 4. The number of nitrogens with zero attached hydrogens (tertiary/aromatic N) is 3. The van der Waals surface area contributed by atoms with Crippen molar-refractivity contribution in [3.05, 3.63) is 35.0 Å². The Hall–Kier alpha value is -2.24. The van der Waals surface area contributed by atoms with Crippen LogP contribution in [0.2, 0.25) is 0 Å². The first-order chi connectivity index (χ1) is 10.4. The van der Waals surface area contributed by atoms with Gasteiger partial charge in [0.25, 0.3) is 5.91 Å². The lowest BCUT2D eigenvalue weighted by Gasteiger charge is -2.22. The summed E-state index contributed by atoms with van der Waals surface area (Å²) in [6.07, 6.45) is 1.40. The van der Waals surface area contributed by atoms with E-state index in [4.69, 9.17) is 0 Å². The van der Waals surface area contributed by atoms with E-state index in [9.17, 15) is 13.6 Å². The van der Waals surface area contributed by atoms with Crippen molar-refractivity contribution < 1.29 is 13.6 Å². The van der Waals surface area contributed by atoms with Crippen molar-refractivity contribution in [1.82, 2.24) is 4.90 Å². The van der Waals surface area contributed by atoms with Gasteiger partial charge in [0.2, 0.25) is 0 Å². The molecule has 0 saturated heterocycles. The van der Waals surface area contributed by atoms with Gasteiger partial charge in [0.1, 0.15) is 28.9 Å². The largest absolute Gasteiger partial charge is 0.367 e. The zero-order valence-electron chi connectivity index (χ0n) is 13.2. The van der Waals surface area contributed by atoms with Crippen LogP contribution >= 0.6 is 0 Å². The highest BCUT2D eigenvalue weighted by Crippen LogP contribution is 2.26. The van der Waals surface area contributed by atoms with E-state index < -0.39 is 11.6 Å². The van der Waals surface area contributed by atoms with Gasteiger partial charge < -0.3 is 4.90 Å². The van der Waals surface area contributed by atoms with Crippen molar-refractivity contribution in [3.8, 4) is 0 Å². The number of anilines is 1. The fraction of sp³-hybridized carbons (Fsp3) is 0.375. The second kappa shape index (κ2) is 6.25. The molecule has 0 aromatic heterocycles. The average molecular weight is 307 g/mol. The van der Waals surface area contributed by atoms with Crippen LogP contribution in [0.5, 0.6) is 0 Å². The van der Waals surface area contributed by atoms with Gasteiger partial charge in [-0.1, -0.05) is 0 Å². The molecule has 0 fully saturated rings. The molecule has 0 saturated carbocycles. The van der Waals surface area contributed by atoms with Gasteiger partial charge in [-0.25, -0.2) is 13.8 Å². The number of amidine groups is 1. The Balaban J connectivity index is 2.42. The number of halogens is 2. The monoisotopic (exact) mass is 307 g/mol. The first kappa shape index (κ1) is 16.1. The van der Waals surface area contributed by atoms with Gasteiger partial charge in [-0.3, -0.25) is 9.69 Å². The molecule has 2 rings (SSSR count). The van der Waals surface area contributed by atoms with Crippen LogP contribution in [0.25, 0.3) is 6.08 Å². The Morgan fingerprint density at radius 3 is 2.18 bits per heavy atom. The summed E-state index contributed by atoms with van der Waals surface area (Å²) in [6, 6.07) is 2.44. The Bertz CT molecular complexity index is 640. The Kier molecular flexibility index (Phi) is 4.59. The van der Waals surface area contributed by atoms with Gasteiger partial charge in [-0.05, 0) is 44.5 Å². The minimum Gasteiger partial charge on any atom is -0.367 e. The average Bonchev–Trinajstić information content (AvgIpc) is 2.70. The van der Waals surface area contributed by atoms with E-state index >= 15 is 0 Å². The Labute approximate surface area is 128 Å². The van der Waals surface area contributed by atoms with E-state index in [-0.39, 0.29) is 22.9 Å². The molecule has 1 amide bonds. The number of benzene rings is 1. The van der Waals surface area contributed by atoms with E-state index in [0.717, 1.165) is 0 Å². The summed E-state index contributed by atoms with van der Waals surface area (Å²) in [5.41, 5.74) is 0.414. The molecule has 0 bridgehead atoms. The van der Waals surface area contributed by atoms with Crippen LogP contribution in [-0.4, -0.2) is 36.8 Å². The number of carbonyl (C=O) groups excluding carboxylic acids is 1. The van der Waals surface area contributed by atoms with Crippen molar-refractivity contribution in [2.24, 2.45) is 4.99 Å². The molecule has 4 nitrogen and oxygen atoms in total. The van der Waals surface area contributed by atoms with E-state index in [0.29, 0.717) is 18.9 Å². The molecule has 0 atom stereocenters. The first-order valence-corrected chi connectivity index (χ1v) is 7.18. The SMILES string of the molecule is CCN(CC)c1c(F)cc(/C=C2\N=C(C)N(C)C2=O)cc1F. The second-order valence-electron chi connectivity index (χ2n) is 5.06. The van der Waals surface area contributed by atoms with Crippen molar-refractivity contribution >= 4 is 23.5 Å². The molecular weight excluding hydrogens is 288 g/mol. The van der Waals surface area contributed by atoms with Crippen molar-refractivity contribution in [3.63, 3.8) is 0 Å². The minimum absolute atomic E-state index is 0.0401. The molecule has 0 radical (unpaired) electrons. The third-order valence-corrected chi connectivity index (χ3v) is 3.71. The fourth-order valence-corrected chi connectivity index (χ4v) is 2.38. The van der Waals surface area contributed by atoms with Crippen LogP contribution in [0.15, 0.2) is 22.8 Å². The Morgan fingerprint density at radius 1 is 1.23 bits per heavy atom. The molecule has 1 aromatic carbocycles. The summed E-state index contributed by atoms with van der Waals surface area (Å²) < 4.78 is 28.4. The summed E-state index contributed by atoms with van der Waals surface area (Å²) in [6.45, 7) is 6.39. The van der Waals surface area contributed by atoms with E-state index in [1.54, 1.807) is 18.9 Å². The van der Waals surface area contributed by atoms with Gasteiger partial charge in [-0.2, -0.15) is 0 Å². The number of amides is 1. The minimum atomic E-state index is -0.643. The number of aliphatic imine (C=N–C) groups is 1. The molecule has 0 spiro atoms. The molecule has 1 heterocycles.